The number of pyridine rings is 1. The second kappa shape index (κ2) is 10.2. The minimum absolute atomic E-state index is 0. The van der Waals surface area contributed by atoms with Gasteiger partial charge in [0.05, 0.1) is 5.92 Å². The summed E-state index contributed by atoms with van der Waals surface area (Å²) in [6, 6.07) is 9.32. The minimum Gasteiger partial charge on any atom is -0.439 e. The molecule has 0 radical (unpaired) electrons. The lowest BCUT2D eigenvalue weighted by Gasteiger charge is -2.10. The third-order valence-electron chi connectivity index (χ3n) is 3.73. The van der Waals surface area contributed by atoms with E-state index in [4.69, 9.17) is 4.74 Å². The number of carbonyl (C=O) groups excluding carboxylic acids is 1. The minimum atomic E-state index is -0.311. The highest BCUT2D eigenvalue weighted by molar-refractivity contribution is 5.85. The lowest BCUT2D eigenvalue weighted by molar-refractivity contribution is -0.124. The Labute approximate surface area is 158 Å². The molecule has 0 bridgehead atoms. The van der Waals surface area contributed by atoms with Crippen molar-refractivity contribution in [1.29, 1.82) is 0 Å². The number of carbonyl (C=O) groups is 1. The zero-order valence-corrected chi connectivity index (χ0v) is 15.0. The predicted octanol–water partition coefficient (Wildman–Crippen LogP) is 3.08. The van der Waals surface area contributed by atoms with Gasteiger partial charge in [0.25, 0.3) is 0 Å². The zero-order chi connectivity index (χ0) is 16.1. The van der Waals surface area contributed by atoms with Crippen LogP contribution in [0.2, 0.25) is 0 Å². The second-order valence-electron chi connectivity index (χ2n) is 5.47. The van der Waals surface area contributed by atoms with Crippen LogP contribution in [-0.4, -0.2) is 24.0 Å². The molecule has 1 aliphatic heterocycles. The van der Waals surface area contributed by atoms with Crippen LogP contribution in [-0.2, 0) is 11.3 Å². The largest absolute Gasteiger partial charge is 0.439 e. The normalized spacial score (nSPS) is 15.6. The summed E-state index contributed by atoms with van der Waals surface area (Å²) < 4.78 is 18.4. The van der Waals surface area contributed by atoms with Crippen molar-refractivity contribution in [2.75, 3.05) is 13.1 Å². The maximum Gasteiger partial charge on any atom is 0.224 e. The van der Waals surface area contributed by atoms with E-state index in [1.54, 1.807) is 24.4 Å². The van der Waals surface area contributed by atoms with Gasteiger partial charge in [-0.15, -0.1) is 24.8 Å². The fourth-order valence-corrected chi connectivity index (χ4v) is 2.41. The van der Waals surface area contributed by atoms with Crippen LogP contribution in [0.15, 0.2) is 42.6 Å². The van der Waals surface area contributed by atoms with Crippen molar-refractivity contribution >= 4 is 30.7 Å². The first-order valence-electron chi connectivity index (χ1n) is 7.57. The van der Waals surface area contributed by atoms with Crippen molar-refractivity contribution in [1.82, 2.24) is 15.6 Å². The first-order valence-corrected chi connectivity index (χ1v) is 7.57. The molecular weight excluding hydrogens is 368 g/mol. The molecule has 136 valence electrons. The molecule has 1 aliphatic rings. The van der Waals surface area contributed by atoms with Crippen LogP contribution in [0, 0.1) is 11.7 Å². The molecular formula is C17H20Cl2FN3O2. The van der Waals surface area contributed by atoms with E-state index in [9.17, 15) is 9.18 Å². The van der Waals surface area contributed by atoms with Gasteiger partial charge in [-0.3, -0.25) is 4.79 Å². The van der Waals surface area contributed by atoms with E-state index in [1.807, 2.05) is 6.07 Å². The number of nitrogens with one attached hydrogen (secondary N) is 2. The van der Waals surface area contributed by atoms with Gasteiger partial charge in [0.2, 0.25) is 11.8 Å². The standard InChI is InChI=1S/C17H18FN3O2.2ClH/c18-14-2-4-15(5-3-14)23-16-6-1-12(9-20-16)10-21-17(22)13-7-8-19-11-13;;/h1-6,9,13,19H,7-8,10-11H2,(H,21,22);2*1H. The van der Waals surface area contributed by atoms with Crippen LogP contribution in [0.1, 0.15) is 12.0 Å². The van der Waals surface area contributed by atoms with Crippen LogP contribution in [0.5, 0.6) is 11.6 Å². The number of benzene rings is 1. The fraction of sp³-hybridized carbons (Fsp3) is 0.294. The number of amides is 1. The number of aromatic nitrogens is 1. The number of rotatable bonds is 5. The topological polar surface area (TPSA) is 63.2 Å². The molecule has 5 nitrogen and oxygen atoms in total. The molecule has 0 saturated carbocycles. The van der Waals surface area contributed by atoms with Crippen molar-refractivity contribution in [2.45, 2.75) is 13.0 Å². The number of nitrogens with zero attached hydrogens (tertiary/aromatic N) is 1. The average Bonchev–Trinajstić information content (AvgIpc) is 3.11. The SMILES string of the molecule is Cl.Cl.O=C(NCc1ccc(Oc2ccc(F)cc2)nc1)C1CCNC1. The molecule has 25 heavy (non-hydrogen) atoms. The second-order valence-corrected chi connectivity index (χ2v) is 5.47. The van der Waals surface area contributed by atoms with Gasteiger partial charge in [-0.1, -0.05) is 6.07 Å². The highest BCUT2D eigenvalue weighted by atomic mass is 35.5. The number of ether oxygens (including phenoxy) is 1. The van der Waals surface area contributed by atoms with Gasteiger partial charge in [-0.05, 0) is 42.8 Å². The molecule has 3 rings (SSSR count). The lowest BCUT2D eigenvalue weighted by Crippen LogP contribution is -2.31. The Bertz CT molecular complexity index is 663. The van der Waals surface area contributed by atoms with E-state index < -0.39 is 0 Å². The van der Waals surface area contributed by atoms with Gasteiger partial charge in [0.15, 0.2) is 0 Å². The molecule has 2 N–H and O–H groups in total. The van der Waals surface area contributed by atoms with Crippen molar-refractivity contribution in [2.24, 2.45) is 5.92 Å². The van der Waals surface area contributed by atoms with Crippen molar-refractivity contribution in [3.63, 3.8) is 0 Å². The fourth-order valence-electron chi connectivity index (χ4n) is 2.41. The van der Waals surface area contributed by atoms with Crippen LogP contribution in [0.4, 0.5) is 4.39 Å². The molecule has 1 fully saturated rings. The van der Waals surface area contributed by atoms with Crippen LogP contribution >= 0.6 is 24.8 Å². The van der Waals surface area contributed by atoms with Crippen molar-refractivity contribution in [3.05, 3.63) is 54.0 Å². The Hall–Kier alpha value is -1.89. The van der Waals surface area contributed by atoms with E-state index >= 15 is 0 Å². The van der Waals surface area contributed by atoms with Gasteiger partial charge in [0, 0.05) is 25.4 Å². The summed E-state index contributed by atoms with van der Waals surface area (Å²) in [7, 11) is 0. The molecule has 1 aromatic carbocycles. The van der Waals surface area contributed by atoms with E-state index in [1.165, 1.54) is 12.1 Å². The number of halogens is 3. The van der Waals surface area contributed by atoms with Crippen LogP contribution in [0.3, 0.4) is 0 Å². The number of hydrogen-bond acceptors (Lipinski definition) is 4. The Morgan fingerprint density at radius 3 is 2.60 bits per heavy atom. The van der Waals surface area contributed by atoms with Gasteiger partial charge in [-0.2, -0.15) is 0 Å². The first kappa shape index (κ1) is 21.2. The molecule has 8 heteroatoms. The van der Waals surface area contributed by atoms with E-state index in [2.05, 4.69) is 15.6 Å². The zero-order valence-electron chi connectivity index (χ0n) is 13.4. The van der Waals surface area contributed by atoms with E-state index in [0.29, 0.717) is 18.2 Å². The Morgan fingerprint density at radius 2 is 2.00 bits per heavy atom. The maximum atomic E-state index is 12.8. The maximum absolute atomic E-state index is 12.8. The summed E-state index contributed by atoms with van der Waals surface area (Å²) in [6.45, 7) is 2.09. The molecule has 1 saturated heterocycles. The monoisotopic (exact) mass is 387 g/mol. The van der Waals surface area contributed by atoms with E-state index in [0.717, 1.165) is 25.1 Å². The van der Waals surface area contributed by atoms with Crippen molar-refractivity contribution in [3.8, 4) is 11.6 Å². The molecule has 0 aliphatic carbocycles. The predicted molar refractivity (Wildman–Crippen MR) is 98.0 cm³/mol. The summed E-state index contributed by atoms with van der Waals surface area (Å²) in [5.74, 6) is 0.764. The summed E-state index contributed by atoms with van der Waals surface area (Å²) in [5, 5.41) is 6.09. The molecule has 0 spiro atoms. The van der Waals surface area contributed by atoms with Crippen molar-refractivity contribution < 1.29 is 13.9 Å². The molecule has 2 heterocycles. The Kier molecular flexibility index (Phi) is 8.61. The third-order valence-corrected chi connectivity index (χ3v) is 3.73. The quantitative estimate of drug-likeness (QED) is 0.827. The third kappa shape index (κ3) is 6.16. The molecule has 1 amide bonds. The Balaban J connectivity index is 0.00000156. The smallest absolute Gasteiger partial charge is 0.224 e. The highest BCUT2D eigenvalue weighted by Crippen LogP contribution is 2.19. The summed E-state index contributed by atoms with van der Waals surface area (Å²) >= 11 is 0. The van der Waals surface area contributed by atoms with Crippen LogP contribution in [0.25, 0.3) is 0 Å². The molecule has 1 atom stereocenters. The summed E-state index contributed by atoms with van der Waals surface area (Å²) in [4.78, 5) is 16.1. The van der Waals surface area contributed by atoms with Crippen LogP contribution < -0.4 is 15.4 Å². The Morgan fingerprint density at radius 1 is 1.24 bits per heavy atom. The summed E-state index contributed by atoms with van der Waals surface area (Å²) in [6.07, 6.45) is 2.54. The first-order chi connectivity index (χ1) is 11.2. The van der Waals surface area contributed by atoms with Gasteiger partial charge in [-0.25, -0.2) is 9.37 Å². The van der Waals surface area contributed by atoms with Gasteiger partial charge in [0.1, 0.15) is 11.6 Å². The molecule has 2 aromatic rings. The van der Waals surface area contributed by atoms with Gasteiger partial charge < -0.3 is 15.4 Å². The average molecular weight is 388 g/mol. The highest BCUT2D eigenvalue weighted by Gasteiger charge is 2.21. The number of hydrogen-bond donors (Lipinski definition) is 2. The summed E-state index contributed by atoms with van der Waals surface area (Å²) in [5.41, 5.74) is 0.899. The lowest BCUT2D eigenvalue weighted by atomic mass is 10.1. The van der Waals surface area contributed by atoms with Gasteiger partial charge >= 0.3 is 0 Å². The molecule has 1 aromatic heterocycles. The van der Waals surface area contributed by atoms with E-state index in [-0.39, 0.29) is 42.5 Å². The molecule has 1 unspecified atom stereocenters.